The third-order valence-corrected chi connectivity index (χ3v) is 2.71. The topological polar surface area (TPSA) is 38.7 Å². The maximum atomic E-state index is 10.7. The minimum atomic E-state index is -0.311. The van der Waals surface area contributed by atoms with Crippen LogP contribution < -0.4 is 0 Å². The van der Waals surface area contributed by atoms with Gasteiger partial charge in [0.1, 0.15) is 5.71 Å². The van der Waals surface area contributed by atoms with Crippen molar-refractivity contribution in [3.63, 3.8) is 0 Å². The SMILES string of the molecule is O=C1CC(c2ccc(Cl)s2)=NO1. The van der Waals surface area contributed by atoms with Crippen LogP contribution in [0.25, 0.3) is 0 Å². The van der Waals surface area contributed by atoms with Crippen LogP contribution in [0.2, 0.25) is 4.34 Å². The Balaban J connectivity index is 2.27. The molecule has 0 unspecified atom stereocenters. The first-order chi connectivity index (χ1) is 5.75. The molecule has 3 nitrogen and oxygen atoms in total. The molecule has 0 fully saturated rings. The summed E-state index contributed by atoms with van der Waals surface area (Å²) in [5.41, 5.74) is 0.664. The fourth-order valence-electron chi connectivity index (χ4n) is 0.909. The van der Waals surface area contributed by atoms with Gasteiger partial charge in [0, 0.05) is 0 Å². The minimum Gasteiger partial charge on any atom is -0.318 e. The van der Waals surface area contributed by atoms with Gasteiger partial charge in [0.15, 0.2) is 0 Å². The number of hydrogen-bond acceptors (Lipinski definition) is 4. The van der Waals surface area contributed by atoms with Crippen molar-refractivity contribution in [2.45, 2.75) is 6.42 Å². The van der Waals surface area contributed by atoms with Crippen LogP contribution in [-0.4, -0.2) is 11.7 Å². The highest BCUT2D eigenvalue weighted by molar-refractivity contribution is 7.18. The Morgan fingerprint density at radius 2 is 2.42 bits per heavy atom. The van der Waals surface area contributed by atoms with E-state index < -0.39 is 0 Å². The summed E-state index contributed by atoms with van der Waals surface area (Å²) in [6.07, 6.45) is 0.247. The summed E-state index contributed by atoms with van der Waals surface area (Å²) in [5, 5.41) is 3.62. The van der Waals surface area contributed by atoms with Gasteiger partial charge in [0.05, 0.1) is 15.6 Å². The van der Waals surface area contributed by atoms with Gasteiger partial charge >= 0.3 is 5.97 Å². The van der Waals surface area contributed by atoms with Gasteiger partial charge in [-0.3, -0.25) is 0 Å². The fourth-order valence-corrected chi connectivity index (χ4v) is 1.93. The van der Waals surface area contributed by atoms with E-state index in [-0.39, 0.29) is 12.4 Å². The largest absolute Gasteiger partial charge is 0.341 e. The molecular weight excluding hydrogens is 198 g/mol. The Kier molecular flexibility index (Phi) is 1.86. The lowest BCUT2D eigenvalue weighted by molar-refractivity contribution is -0.140. The Morgan fingerprint density at radius 1 is 1.58 bits per heavy atom. The van der Waals surface area contributed by atoms with Crippen molar-refractivity contribution < 1.29 is 9.63 Å². The first-order valence-corrected chi connectivity index (χ1v) is 4.47. The number of carbonyl (C=O) groups is 1. The molecular formula is C7H4ClNO2S. The van der Waals surface area contributed by atoms with Crippen molar-refractivity contribution in [1.29, 1.82) is 0 Å². The van der Waals surface area contributed by atoms with Gasteiger partial charge in [0.25, 0.3) is 0 Å². The van der Waals surface area contributed by atoms with Crippen molar-refractivity contribution in [3.05, 3.63) is 21.3 Å². The lowest BCUT2D eigenvalue weighted by atomic mass is 10.2. The van der Waals surface area contributed by atoms with Crippen LogP contribution in [0.4, 0.5) is 0 Å². The summed E-state index contributed by atoms with van der Waals surface area (Å²) >= 11 is 7.10. The van der Waals surface area contributed by atoms with Crippen molar-refractivity contribution in [3.8, 4) is 0 Å². The number of thiophene rings is 1. The molecule has 0 bridgehead atoms. The van der Waals surface area contributed by atoms with Gasteiger partial charge in [0.2, 0.25) is 0 Å². The highest BCUT2D eigenvalue weighted by Crippen LogP contribution is 2.24. The molecule has 0 aromatic carbocycles. The summed E-state index contributed by atoms with van der Waals surface area (Å²) < 4.78 is 0.687. The van der Waals surface area contributed by atoms with Crippen LogP contribution >= 0.6 is 22.9 Å². The molecule has 1 aliphatic rings. The molecule has 0 N–H and O–H groups in total. The first-order valence-electron chi connectivity index (χ1n) is 3.28. The van der Waals surface area contributed by atoms with Crippen LogP contribution in [0.1, 0.15) is 11.3 Å². The second-order valence-corrected chi connectivity index (χ2v) is 4.00. The summed E-state index contributed by atoms with van der Waals surface area (Å²) in [4.78, 5) is 16.0. The summed E-state index contributed by atoms with van der Waals surface area (Å²) in [7, 11) is 0. The zero-order valence-corrected chi connectivity index (χ0v) is 7.48. The molecule has 0 atom stereocenters. The fraction of sp³-hybridized carbons (Fsp3) is 0.143. The van der Waals surface area contributed by atoms with Crippen LogP contribution in [0.15, 0.2) is 17.3 Å². The lowest BCUT2D eigenvalue weighted by Crippen LogP contribution is -1.97. The minimum absolute atomic E-state index is 0.247. The van der Waals surface area contributed by atoms with Gasteiger partial charge in [-0.25, -0.2) is 4.79 Å². The average molecular weight is 202 g/mol. The van der Waals surface area contributed by atoms with E-state index in [1.54, 1.807) is 6.07 Å². The normalized spacial score (nSPS) is 16.1. The summed E-state index contributed by atoms with van der Waals surface area (Å²) in [5.74, 6) is -0.311. The van der Waals surface area contributed by atoms with Crippen LogP contribution in [0, 0.1) is 0 Å². The zero-order chi connectivity index (χ0) is 8.55. The van der Waals surface area contributed by atoms with Crippen LogP contribution in [-0.2, 0) is 9.63 Å². The molecule has 62 valence electrons. The standard InChI is InChI=1S/C7H4ClNO2S/c8-6-2-1-5(12-6)4-3-7(10)11-9-4/h1-2H,3H2. The first kappa shape index (κ1) is 7.76. The zero-order valence-electron chi connectivity index (χ0n) is 5.91. The van der Waals surface area contributed by atoms with Gasteiger partial charge < -0.3 is 4.84 Å². The highest BCUT2D eigenvalue weighted by Gasteiger charge is 2.19. The molecule has 5 heteroatoms. The van der Waals surface area contributed by atoms with E-state index in [0.717, 1.165) is 4.88 Å². The predicted octanol–water partition coefficient (Wildman–Crippen LogP) is 2.05. The number of hydrogen-bond donors (Lipinski definition) is 0. The smallest absolute Gasteiger partial charge is 0.318 e. The van der Waals surface area contributed by atoms with Crippen molar-refractivity contribution in [2.75, 3.05) is 0 Å². The van der Waals surface area contributed by atoms with E-state index in [4.69, 9.17) is 11.6 Å². The van der Waals surface area contributed by atoms with E-state index in [0.29, 0.717) is 10.0 Å². The third-order valence-electron chi connectivity index (χ3n) is 1.43. The van der Waals surface area contributed by atoms with Crippen molar-refractivity contribution >= 4 is 34.6 Å². The molecule has 0 aliphatic carbocycles. The lowest BCUT2D eigenvalue weighted by Gasteiger charge is -1.86. The molecule has 0 spiro atoms. The second kappa shape index (κ2) is 2.88. The Labute approximate surface area is 77.6 Å². The molecule has 2 heterocycles. The molecule has 0 saturated carbocycles. The van der Waals surface area contributed by atoms with Gasteiger partial charge in [-0.2, -0.15) is 0 Å². The average Bonchev–Trinajstić information content (AvgIpc) is 2.58. The van der Waals surface area contributed by atoms with E-state index in [1.807, 2.05) is 6.07 Å². The highest BCUT2D eigenvalue weighted by atomic mass is 35.5. The van der Waals surface area contributed by atoms with Gasteiger partial charge in [-0.15, -0.1) is 11.3 Å². The summed E-state index contributed by atoms with van der Waals surface area (Å²) in [6, 6.07) is 3.60. The summed E-state index contributed by atoms with van der Waals surface area (Å²) in [6.45, 7) is 0. The van der Waals surface area contributed by atoms with Crippen molar-refractivity contribution in [1.82, 2.24) is 0 Å². The molecule has 0 saturated heterocycles. The number of oxime groups is 1. The maximum absolute atomic E-state index is 10.7. The molecule has 2 rings (SSSR count). The monoisotopic (exact) mass is 201 g/mol. The van der Waals surface area contributed by atoms with E-state index >= 15 is 0 Å². The number of rotatable bonds is 1. The Hall–Kier alpha value is -0.870. The quantitative estimate of drug-likeness (QED) is 0.653. The maximum Gasteiger partial charge on any atom is 0.341 e. The Morgan fingerprint density at radius 3 is 2.92 bits per heavy atom. The van der Waals surface area contributed by atoms with E-state index in [1.165, 1.54) is 11.3 Å². The molecule has 1 aromatic rings. The molecule has 1 aromatic heterocycles. The molecule has 0 radical (unpaired) electrons. The number of nitrogens with zero attached hydrogens (tertiary/aromatic N) is 1. The number of carbonyl (C=O) groups excluding carboxylic acids is 1. The van der Waals surface area contributed by atoms with E-state index in [2.05, 4.69) is 9.99 Å². The van der Waals surface area contributed by atoms with Gasteiger partial charge in [-0.05, 0) is 12.1 Å². The van der Waals surface area contributed by atoms with Crippen LogP contribution in [0.3, 0.4) is 0 Å². The Bertz CT molecular complexity index is 358. The van der Waals surface area contributed by atoms with Crippen molar-refractivity contribution in [2.24, 2.45) is 5.16 Å². The van der Waals surface area contributed by atoms with E-state index in [9.17, 15) is 4.79 Å². The number of halogens is 1. The molecule has 12 heavy (non-hydrogen) atoms. The van der Waals surface area contributed by atoms with Gasteiger partial charge in [-0.1, -0.05) is 16.8 Å². The molecule has 1 aliphatic heterocycles. The second-order valence-electron chi connectivity index (χ2n) is 2.28. The molecule has 0 amide bonds. The third kappa shape index (κ3) is 1.35. The predicted molar refractivity (Wildman–Crippen MR) is 46.6 cm³/mol. The van der Waals surface area contributed by atoms with Crippen LogP contribution in [0.5, 0.6) is 0 Å².